The molecule has 1 atom stereocenters. The maximum absolute atomic E-state index is 12.7. The molecule has 2 N–H and O–H groups in total. The van der Waals surface area contributed by atoms with Gasteiger partial charge in [-0.05, 0) is 67.4 Å². The van der Waals surface area contributed by atoms with Crippen LogP contribution in [0.3, 0.4) is 0 Å². The van der Waals surface area contributed by atoms with E-state index in [0.29, 0.717) is 11.5 Å². The number of nitrogens with zero attached hydrogens (tertiary/aromatic N) is 1. The Labute approximate surface area is 196 Å². The fourth-order valence-corrected chi connectivity index (χ4v) is 4.50. The van der Waals surface area contributed by atoms with Crippen LogP contribution >= 0.6 is 11.3 Å². The number of thiophene rings is 1. The van der Waals surface area contributed by atoms with Crippen molar-refractivity contribution in [1.82, 2.24) is 4.98 Å². The van der Waals surface area contributed by atoms with Crippen LogP contribution in [-0.2, 0) is 0 Å². The van der Waals surface area contributed by atoms with E-state index in [9.17, 15) is 4.79 Å². The molecule has 1 unspecified atom stereocenters. The lowest BCUT2D eigenvalue weighted by Gasteiger charge is -2.22. The first-order valence-electron chi connectivity index (χ1n) is 10.3. The number of carbonyl (C=O) groups excluding carboxylic acids is 1. The first kappa shape index (κ1) is 22.4. The second kappa shape index (κ2) is 9.79. The molecule has 0 aliphatic carbocycles. The summed E-state index contributed by atoms with van der Waals surface area (Å²) < 4.78 is 16.2. The van der Waals surface area contributed by atoms with Gasteiger partial charge in [0.15, 0.2) is 17.3 Å². The highest BCUT2D eigenvalue weighted by molar-refractivity contribution is 7.16. The summed E-state index contributed by atoms with van der Waals surface area (Å²) in [6, 6.07) is 14.8. The number of rotatable bonds is 8. The summed E-state index contributed by atoms with van der Waals surface area (Å²) in [5.74, 6) is 1.93. The molecule has 4 aromatic rings. The molecular weight excluding hydrogens is 438 g/mol. The van der Waals surface area contributed by atoms with Gasteiger partial charge < -0.3 is 24.5 Å². The largest absolute Gasteiger partial charge is 0.493 e. The number of pyridine rings is 1. The zero-order valence-corrected chi connectivity index (χ0v) is 19.7. The molecule has 0 saturated heterocycles. The number of aromatic nitrogens is 1. The Morgan fingerprint density at radius 3 is 2.58 bits per heavy atom. The molecule has 1 aromatic carbocycles. The van der Waals surface area contributed by atoms with Crippen molar-refractivity contribution in [1.29, 1.82) is 0 Å². The van der Waals surface area contributed by atoms with E-state index in [4.69, 9.17) is 13.9 Å². The number of benzene rings is 1. The lowest BCUT2D eigenvalue weighted by Crippen LogP contribution is -2.17. The molecule has 170 valence electrons. The van der Waals surface area contributed by atoms with Crippen LogP contribution in [-0.4, -0.2) is 25.1 Å². The Kier molecular flexibility index (Phi) is 6.65. The highest BCUT2D eigenvalue weighted by Gasteiger charge is 2.24. The number of anilines is 2. The zero-order chi connectivity index (χ0) is 23.4. The molecule has 3 heterocycles. The summed E-state index contributed by atoms with van der Waals surface area (Å²) >= 11 is 1.50. The van der Waals surface area contributed by atoms with E-state index >= 15 is 0 Å². The number of carbonyl (C=O) groups is 1. The van der Waals surface area contributed by atoms with Crippen LogP contribution in [0.2, 0.25) is 0 Å². The number of nitrogens with one attached hydrogen (secondary N) is 2. The number of hydrogen-bond acceptors (Lipinski definition) is 7. The molecule has 0 spiro atoms. The summed E-state index contributed by atoms with van der Waals surface area (Å²) in [7, 11) is 3.21. The molecule has 33 heavy (non-hydrogen) atoms. The SMILES string of the molecule is COc1ccc(C(Nc2cc(C)ccn2)c2cc(C)sc2NC(=O)c2ccco2)cc1OC. The van der Waals surface area contributed by atoms with E-state index in [2.05, 4.69) is 21.7 Å². The molecule has 0 fully saturated rings. The molecular formula is C25H25N3O4S. The standard InChI is InChI=1S/C25H25N3O4S/c1-15-9-10-26-22(12-15)27-23(17-7-8-19(30-3)21(14-17)31-4)18-13-16(2)33-25(18)28-24(29)20-6-5-11-32-20/h5-14,23H,1-4H3,(H,26,27)(H,28,29). The van der Waals surface area contributed by atoms with Crippen molar-refractivity contribution in [3.05, 3.63) is 88.3 Å². The van der Waals surface area contributed by atoms with Gasteiger partial charge >= 0.3 is 0 Å². The van der Waals surface area contributed by atoms with Crippen molar-refractivity contribution >= 4 is 28.1 Å². The third-order valence-corrected chi connectivity index (χ3v) is 6.10. The number of hydrogen-bond donors (Lipinski definition) is 2. The second-order valence-electron chi connectivity index (χ2n) is 7.48. The summed E-state index contributed by atoms with van der Waals surface area (Å²) in [5.41, 5.74) is 2.93. The number of ether oxygens (including phenoxy) is 2. The smallest absolute Gasteiger partial charge is 0.291 e. The van der Waals surface area contributed by atoms with Gasteiger partial charge in [0.05, 0.1) is 26.5 Å². The van der Waals surface area contributed by atoms with Crippen LogP contribution in [0.4, 0.5) is 10.8 Å². The fourth-order valence-electron chi connectivity index (χ4n) is 3.55. The minimum absolute atomic E-state index is 0.253. The third kappa shape index (κ3) is 5.01. The van der Waals surface area contributed by atoms with Gasteiger partial charge in [-0.2, -0.15) is 0 Å². The van der Waals surface area contributed by atoms with E-state index in [1.54, 1.807) is 32.5 Å². The summed E-state index contributed by atoms with van der Waals surface area (Å²) in [4.78, 5) is 18.3. The first-order valence-corrected chi connectivity index (χ1v) is 11.2. The highest BCUT2D eigenvalue weighted by Crippen LogP contribution is 2.40. The average Bonchev–Trinajstić information content (AvgIpc) is 3.47. The second-order valence-corrected chi connectivity index (χ2v) is 8.74. The van der Waals surface area contributed by atoms with E-state index < -0.39 is 0 Å². The van der Waals surface area contributed by atoms with Gasteiger partial charge in [0.25, 0.3) is 5.91 Å². The Balaban J connectivity index is 1.77. The number of methoxy groups -OCH3 is 2. The Morgan fingerprint density at radius 1 is 1.06 bits per heavy atom. The van der Waals surface area contributed by atoms with E-state index in [0.717, 1.165) is 32.4 Å². The van der Waals surface area contributed by atoms with Crippen molar-refractivity contribution in [3.8, 4) is 11.5 Å². The quantitative estimate of drug-likeness (QED) is 0.342. The van der Waals surface area contributed by atoms with Crippen LogP contribution < -0.4 is 20.1 Å². The molecule has 0 saturated carbocycles. The number of aryl methyl sites for hydroxylation is 2. The molecule has 0 aliphatic heterocycles. The van der Waals surface area contributed by atoms with Crippen molar-refractivity contribution in [3.63, 3.8) is 0 Å². The molecule has 3 aromatic heterocycles. The molecule has 0 radical (unpaired) electrons. The van der Waals surface area contributed by atoms with Crippen molar-refractivity contribution in [2.75, 3.05) is 24.9 Å². The van der Waals surface area contributed by atoms with E-state index in [1.165, 1.54) is 17.6 Å². The van der Waals surface area contributed by atoms with E-state index in [-0.39, 0.29) is 17.7 Å². The average molecular weight is 464 g/mol. The van der Waals surface area contributed by atoms with Gasteiger partial charge in [0, 0.05) is 16.6 Å². The molecule has 8 heteroatoms. The Hall–Kier alpha value is -3.78. The fraction of sp³-hybridized carbons (Fsp3) is 0.200. The van der Waals surface area contributed by atoms with Crippen LogP contribution in [0.1, 0.15) is 38.2 Å². The molecule has 0 aliphatic rings. The predicted octanol–water partition coefficient (Wildman–Crippen LogP) is 5.82. The molecule has 7 nitrogen and oxygen atoms in total. The van der Waals surface area contributed by atoms with Gasteiger partial charge in [-0.3, -0.25) is 4.79 Å². The molecule has 0 bridgehead atoms. The van der Waals surface area contributed by atoms with Crippen LogP contribution in [0.5, 0.6) is 11.5 Å². The van der Waals surface area contributed by atoms with Crippen molar-refractivity contribution in [2.45, 2.75) is 19.9 Å². The van der Waals surface area contributed by atoms with E-state index in [1.807, 2.05) is 44.2 Å². The van der Waals surface area contributed by atoms with Gasteiger partial charge in [-0.25, -0.2) is 4.98 Å². The van der Waals surface area contributed by atoms with Crippen LogP contribution in [0, 0.1) is 13.8 Å². The van der Waals surface area contributed by atoms with Crippen LogP contribution in [0.25, 0.3) is 0 Å². The van der Waals surface area contributed by atoms with Crippen molar-refractivity contribution in [2.24, 2.45) is 0 Å². The third-order valence-electron chi connectivity index (χ3n) is 5.12. The Bertz CT molecular complexity index is 1250. The van der Waals surface area contributed by atoms with Crippen LogP contribution in [0.15, 0.2) is 65.4 Å². The minimum atomic E-state index is -0.309. The normalized spacial score (nSPS) is 11.6. The van der Waals surface area contributed by atoms with Gasteiger partial charge in [0.2, 0.25) is 0 Å². The lowest BCUT2D eigenvalue weighted by molar-refractivity contribution is 0.0997. The van der Waals surface area contributed by atoms with Gasteiger partial charge in [-0.15, -0.1) is 11.3 Å². The maximum atomic E-state index is 12.7. The molecule has 4 rings (SSSR count). The van der Waals surface area contributed by atoms with Crippen molar-refractivity contribution < 1.29 is 18.7 Å². The monoisotopic (exact) mass is 463 g/mol. The van der Waals surface area contributed by atoms with Gasteiger partial charge in [-0.1, -0.05) is 6.07 Å². The predicted molar refractivity (Wildman–Crippen MR) is 130 cm³/mol. The van der Waals surface area contributed by atoms with Gasteiger partial charge in [0.1, 0.15) is 10.8 Å². The zero-order valence-electron chi connectivity index (χ0n) is 18.8. The topological polar surface area (TPSA) is 85.6 Å². The summed E-state index contributed by atoms with van der Waals surface area (Å²) in [5, 5.41) is 7.26. The lowest BCUT2D eigenvalue weighted by atomic mass is 9.99. The minimum Gasteiger partial charge on any atom is -0.493 e. The molecule has 1 amide bonds. The first-order chi connectivity index (χ1) is 16.0. The summed E-state index contributed by atoms with van der Waals surface area (Å²) in [6.07, 6.45) is 3.24. The Morgan fingerprint density at radius 2 is 1.88 bits per heavy atom. The number of amides is 1. The maximum Gasteiger partial charge on any atom is 0.291 e. The highest BCUT2D eigenvalue weighted by atomic mass is 32.1. The number of furan rings is 1. The summed E-state index contributed by atoms with van der Waals surface area (Å²) in [6.45, 7) is 4.02.